The van der Waals surface area contributed by atoms with Crippen molar-refractivity contribution in [3.8, 4) is 0 Å². The number of benzene rings is 2. The Morgan fingerprint density at radius 2 is 1.82 bits per heavy atom. The maximum atomic E-state index is 13.2. The van der Waals surface area contributed by atoms with E-state index in [2.05, 4.69) is 0 Å². The Morgan fingerprint density at radius 1 is 1.03 bits per heavy atom. The number of aromatic nitrogens is 1. The lowest BCUT2D eigenvalue weighted by Gasteiger charge is -2.40. The van der Waals surface area contributed by atoms with Gasteiger partial charge in [-0.1, -0.05) is 42.5 Å². The van der Waals surface area contributed by atoms with Crippen molar-refractivity contribution in [3.05, 3.63) is 70.7 Å². The van der Waals surface area contributed by atoms with Crippen molar-refractivity contribution in [3.63, 3.8) is 0 Å². The Hall–Kier alpha value is -3.39. The zero-order valence-electron chi connectivity index (χ0n) is 18.4. The van der Waals surface area contributed by atoms with E-state index in [1.165, 1.54) is 4.57 Å². The van der Waals surface area contributed by atoms with Crippen LogP contribution in [0.3, 0.4) is 0 Å². The molecule has 2 aromatic carbocycles. The molecule has 3 heterocycles. The molecule has 1 atom stereocenters. The molecule has 5 rings (SSSR count). The Bertz CT molecular complexity index is 1210. The van der Waals surface area contributed by atoms with Gasteiger partial charge in [0.2, 0.25) is 11.8 Å². The third-order valence-corrected chi connectivity index (χ3v) is 6.70. The predicted octanol–water partition coefficient (Wildman–Crippen LogP) is 2.40. The number of amides is 2. The Kier molecular flexibility index (Phi) is 5.76. The summed E-state index contributed by atoms with van der Waals surface area (Å²) in [7, 11) is 0. The first-order valence-electron chi connectivity index (χ1n) is 11.3. The second-order valence-corrected chi connectivity index (χ2v) is 8.80. The molecule has 0 bridgehead atoms. The lowest BCUT2D eigenvalue weighted by Crippen LogP contribution is -2.56. The summed E-state index contributed by atoms with van der Waals surface area (Å²) < 4.78 is 12.5. The number of aryl methyl sites for hydroxylation is 1. The Balaban J connectivity index is 1.34. The number of fused-ring (bicyclic) bond motifs is 1. The molecule has 0 N–H and O–H groups in total. The summed E-state index contributed by atoms with van der Waals surface area (Å²) in [5.74, 6) is -0.505. The number of hydrogen-bond acceptors (Lipinski definition) is 5. The summed E-state index contributed by atoms with van der Waals surface area (Å²) in [6, 6.07) is 17.1. The quantitative estimate of drug-likeness (QED) is 0.597. The lowest BCUT2D eigenvalue weighted by molar-refractivity contribution is -0.138. The fraction of sp³-hybridized carbons (Fsp3) is 0.400. The Morgan fingerprint density at radius 3 is 2.61 bits per heavy atom. The molecule has 1 aromatic heterocycles. The standard InChI is InChI=1S/C25H27N3O5/c29-22(11-14-27-20-8-4-5-9-21(20)33-24(27)31)26-13-10-23(30)28(16-19-6-2-1-3-7-19)25(17-26)12-15-32-18-25/h1-9H,10-18H2. The average Bonchev–Trinajstić information content (AvgIpc) is 3.39. The molecular formula is C25H27N3O5. The van der Waals surface area contributed by atoms with Gasteiger partial charge in [0.05, 0.1) is 17.7 Å². The van der Waals surface area contributed by atoms with E-state index in [0.717, 1.165) is 5.56 Å². The van der Waals surface area contributed by atoms with Gasteiger partial charge < -0.3 is 19.0 Å². The highest BCUT2D eigenvalue weighted by Gasteiger charge is 2.46. The van der Waals surface area contributed by atoms with Gasteiger partial charge in [0.15, 0.2) is 5.58 Å². The highest BCUT2D eigenvalue weighted by molar-refractivity contribution is 5.81. The number of oxazole rings is 1. The fourth-order valence-electron chi connectivity index (χ4n) is 4.91. The minimum Gasteiger partial charge on any atom is -0.408 e. The van der Waals surface area contributed by atoms with Crippen LogP contribution >= 0.6 is 0 Å². The topological polar surface area (TPSA) is 85.0 Å². The molecule has 172 valence electrons. The first kappa shape index (κ1) is 21.5. The first-order chi connectivity index (χ1) is 16.1. The van der Waals surface area contributed by atoms with Gasteiger partial charge in [-0.05, 0) is 24.1 Å². The fourth-order valence-corrected chi connectivity index (χ4v) is 4.91. The molecule has 2 aliphatic rings. The van der Waals surface area contributed by atoms with E-state index in [1.54, 1.807) is 17.0 Å². The van der Waals surface area contributed by atoms with Crippen molar-refractivity contribution in [2.45, 2.75) is 37.9 Å². The van der Waals surface area contributed by atoms with E-state index in [9.17, 15) is 14.4 Å². The molecule has 2 saturated heterocycles. The van der Waals surface area contributed by atoms with E-state index >= 15 is 0 Å². The van der Waals surface area contributed by atoms with Crippen LogP contribution in [-0.2, 0) is 27.4 Å². The zero-order chi connectivity index (χ0) is 22.8. The second-order valence-electron chi connectivity index (χ2n) is 8.80. The number of carbonyl (C=O) groups excluding carboxylic acids is 2. The molecule has 3 aromatic rings. The minimum absolute atomic E-state index is 0.0386. The molecular weight excluding hydrogens is 422 g/mol. The molecule has 8 heteroatoms. The molecule has 2 fully saturated rings. The SMILES string of the molecule is O=C(CCn1c(=O)oc2ccccc21)N1CCC(=O)N(Cc2ccccc2)C2(CCOC2)C1. The number of para-hydroxylation sites is 2. The van der Waals surface area contributed by atoms with E-state index in [4.69, 9.17) is 9.15 Å². The minimum atomic E-state index is -0.530. The van der Waals surface area contributed by atoms with E-state index < -0.39 is 11.3 Å². The van der Waals surface area contributed by atoms with Crippen molar-refractivity contribution in [1.29, 1.82) is 0 Å². The summed E-state index contributed by atoms with van der Waals surface area (Å²) >= 11 is 0. The maximum Gasteiger partial charge on any atom is 0.419 e. The number of hydrogen-bond donors (Lipinski definition) is 0. The first-order valence-corrected chi connectivity index (χ1v) is 11.3. The highest BCUT2D eigenvalue weighted by atomic mass is 16.5. The van der Waals surface area contributed by atoms with E-state index in [0.29, 0.717) is 50.4 Å². The molecule has 0 radical (unpaired) electrons. The van der Waals surface area contributed by atoms with Gasteiger partial charge in [-0.15, -0.1) is 0 Å². The van der Waals surface area contributed by atoms with Gasteiger partial charge >= 0.3 is 5.76 Å². The summed E-state index contributed by atoms with van der Waals surface area (Å²) in [6.45, 7) is 2.52. The van der Waals surface area contributed by atoms with Crippen molar-refractivity contribution in [1.82, 2.24) is 14.4 Å². The van der Waals surface area contributed by atoms with Crippen LogP contribution in [0.25, 0.3) is 11.1 Å². The van der Waals surface area contributed by atoms with E-state index in [1.807, 2.05) is 47.4 Å². The normalized spacial score (nSPS) is 21.2. The van der Waals surface area contributed by atoms with Crippen LogP contribution in [0.5, 0.6) is 0 Å². The maximum absolute atomic E-state index is 13.2. The predicted molar refractivity (Wildman–Crippen MR) is 121 cm³/mol. The van der Waals surface area contributed by atoms with Crippen LogP contribution in [0, 0.1) is 0 Å². The third kappa shape index (κ3) is 4.18. The monoisotopic (exact) mass is 449 g/mol. The molecule has 33 heavy (non-hydrogen) atoms. The van der Waals surface area contributed by atoms with Crippen LogP contribution < -0.4 is 5.76 Å². The number of carbonyl (C=O) groups is 2. The number of ether oxygens (including phenoxy) is 1. The van der Waals surface area contributed by atoms with Gasteiger partial charge in [-0.2, -0.15) is 0 Å². The van der Waals surface area contributed by atoms with Gasteiger partial charge in [0, 0.05) is 45.6 Å². The van der Waals surface area contributed by atoms with Crippen LogP contribution in [-0.4, -0.2) is 58.0 Å². The Labute approximate surface area is 191 Å². The van der Waals surface area contributed by atoms with Gasteiger partial charge in [-0.3, -0.25) is 14.2 Å². The second kappa shape index (κ2) is 8.86. The summed E-state index contributed by atoms with van der Waals surface area (Å²) in [6.07, 6.45) is 1.13. The van der Waals surface area contributed by atoms with Crippen molar-refractivity contribution < 1.29 is 18.7 Å². The lowest BCUT2D eigenvalue weighted by atomic mass is 9.94. The van der Waals surface area contributed by atoms with E-state index in [-0.39, 0.29) is 31.2 Å². The highest BCUT2D eigenvalue weighted by Crippen LogP contribution is 2.32. The number of rotatable bonds is 5. The van der Waals surface area contributed by atoms with Crippen molar-refractivity contribution in [2.24, 2.45) is 0 Å². The molecule has 1 spiro atoms. The van der Waals surface area contributed by atoms with Crippen LogP contribution in [0.1, 0.15) is 24.8 Å². The molecule has 2 aliphatic heterocycles. The van der Waals surface area contributed by atoms with Crippen molar-refractivity contribution >= 4 is 22.9 Å². The third-order valence-electron chi connectivity index (χ3n) is 6.70. The van der Waals surface area contributed by atoms with Crippen molar-refractivity contribution in [2.75, 3.05) is 26.3 Å². The molecule has 0 aliphatic carbocycles. The van der Waals surface area contributed by atoms with Crippen LogP contribution in [0.2, 0.25) is 0 Å². The summed E-state index contributed by atoms with van der Waals surface area (Å²) in [4.78, 5) is 42.3. The molecule has 1 unspecified atom stereocenters. The van der Waals surface area contributed by atoms with Gasteiger partial charge in [-0.25, -0.2) is 4.79 Å². The molecule has 0 saturated carbocycles. The van der Waals surface area contributed by atoms with Crippen LogP contribution in [0.4, 0.5) is 0 Å². The molecule has 8 nitrogen and oxygen atoms in total. The van der Waals surface area contributed by atoms with Gasteiger partial charge in [0.1, 0.15) is 0 Å². The largest absolute Gasteiger partial charge is 0.419 e. The summed E-state index contributed by atoms with van der Waals surface area (Å²) in [5.41, 5.74) is 1.71. The summed E-state index contributed by atoms with van der Waals surface area (Å²) in [5, 5.41) is 0. The molecule has 2 amide bonds. The van der Waals surface area contributed by atoms with Crippen LogP contribution in [0.15, 0.2) is 63.8 Å². The smallest absolute Gasteiger partial charge is 0.408 e. The average molecular weight is 450 g/mol. The van der Waals surface area contributed by atoms with Gasteiger partial charge in [0.25, 0.3) is 0 Å². The zero-order valence-corrected chi connectivity index (χ0v) is 18.4. The number of nitrogens with zero attached hydrogens (tertiary/aromatic N) is 3.